The van der Waals surface area contributed by atoms with Crippen molar-refractivity contribution in [3.05, 3.63) is 17.0 Å². The smallest absolute Gasteiger partial charge is 0.0662 e. The minimum atomic E-state index is 0.178. The molecule has 0 aliphatic rings. The predicted molar refractivity (Wildman–Crippen MR) is 79.3 cm³/mol. The summed E-state index contributed by atoms with van der Waals surface area (Å²) in [6.45, 7) is 13.0. The number of hydrogen-bond acceptors (Lipinski definition) is 3. The van der Waals surface area contributed by atoms with E-state index in [1.165, 1.54) is 11.3 Å². The lowest BCUT2D eigenvalue weighted by molar-refractivity contribution is 0.113. The van der Waals surface area contributed by atoms with Crippen LogP contribution < -0.4 is 5.73 Å². The Labute approximate surface area is 117 Å². The van der Waals surface area contributed by atoms with E-state index in [2.05, 4.69) is 32.8 Å². The van der Waals surface area contributed by atoms with E-state index in [1.807, 2.05) is 11.6 Å². The van der Waals surface area contributed by atoms with Crippen molar-refractivity contribution in [1.29, 1.82) is 0 Å². The lowest BCUT2D eigenvalue weighted by Gasteiger charge is -2.09. The summed E-state index contributed by atoms with van der Waals surface area (Å²) in [6.07, 6.45) is 2.01. The molecule has 0 radical (unpaired) electrons. The maximum Gasteiger partial charge on any atom is 0.0662 e. The van der Waals surface area contributed by atoms with Gasteiger partial charge in [-0.3, -0.25) is 4.68 Å². The van der Waals surface area contributed by atoms with Gasteiger partial charge >= 0.3 is 0 Å². The molecule has 4 heteroatoms. The van der Waals surface area contributed by atoms with Crippen molar-refractivity contribution in [2.45, 2.75) is 60.0 Å². The van der Waals surface area contributed by atoms with E-state index in [-0.39, 0.29) is 6.04 Å². The number of aromatic nitrogens is 2. The molecule has 1 aromatic rings. The summed E-state index contributed by atoms with van der Waals surface area (Å²) < 4.78 is 7.69. The van der Waals surface area contributed by atoms with Crippen molar-refractivity contribution in [3.63, 3.8) is 0 Å². The molecule has 0 fully saturated rings. The predicted octanol–water partition coefficient (Wildman–Crippen LogP) is 2.45. The second kappa shape index (κ2) is 7.65. The molecule has 0 aliphatic carbocycles. The first kappa shape index (κ1) is 16.2. The Morgan fingerprint density at radius 2 is 1.89 bits per heavy atom. The van der Waals surface area contributed by atoms with E-state index in [0.29, 0.717) is 5.92 Å². The summed E-state index contributed by atoms with van der Waals surface area (Å²) in [7, 11) is 0. The molecule has 1 heterocycles. The zero-order valence-electron chi connectivity index (χ0n) is 13.1. The fourth-order valence-corrected chi connectivity index (χ4v) is 2.14. The molecule has 0 amide bonds. The lowest BCUT2D eigenvalue weighted by Crippen LogP contribution is -2.18. The van der Waals surface area contributed by atoms with E-state index >= 15 is 0 Å². The number of ether oxygens (including phenoxy) is 1. The van der Waals surface area contributed by atoms with Gasteiger partial charge in [0, 0.05) is 18.3 Å². The highest BCUT2D eigenvalue weighted by atomic mass is 16.5. The van der Waals surface area contributed by atoms with Gasteiger partial charge in [0.15, 0.2) is 0 Å². The van der Waals surface area contributed by atoms with Crippen LogP contribution >= 0.6 is 0 Å². The Hall–Kier alpha value is -0.870. The number of nitrogens with two attached hydrogens (primary N) is 1. The van der Waals surface area contributed by atoms with Gasteiger partial charge in [-0.1, -0.05) is 13.8 Å². The van der Waals surface area contributed by atoms with Gasteiger partial charge in [-0.05, 0) is 45.1 Å². The van der Waals surface area contributed by atoms with Crippen LogP contribution in [-0.4, -0.2) is 29.0 Å². The van der Waals surface area contributed by atoms with Gasteiger partial charge in [-0.2, -0.15) is 5.10 Å². The topological polar surface area (TPSA) is 53.1 Å². The van der Waals surface area contributed by atoms with Crippen LogP contribution in [0.4, 0.5) is 0 Å². The first-order valence-corrected chi connectivity index (χ1v) is 7.28. The third-order valence-corrected chi connectivity index (χ3v) is 3.34. The van der Waals surface area contributed by atoms with Crippen molar-refractivity contribution in [2.75, 3.05) is 13.2 Å². The van der Waals surface area contributed by atoms with Crippen LogP contribution in [0.3, 0.4) is 0 Å². The molecule has 2 N–H and O–H groups in total. The summed E-state index contributed by atoms with van der Waals surface area (Å²) in [4.78, 5) is 0. The highest BCUT2D eigenvalue weighted by Gasteiger charge is 2.12. The zero-order chi connectivity index (χ0) is 14.4. The van der Waals surface area contributed by atoms with Crippen LogP contribution in [0.1, 0.15) is 44.1 Å². The summed E-state index contributed by atoms with van der Waals surface area (Å²) in [5.41, 5.74) is 9.49. The van der Waals surface area contributed by atoms with Gasteiger partial charge in [0.05, 0.1) is 18.8 Å². The monoisotopic (exact) mass is 267 g/mol. The Bertz CT molecular complexity index is 383. The largest absolute Gasteiger partial charge is 0.380 e. The maximum absolute atomic E-state index is 5.88. The number of rotatable bonds is 8. The number of hydrogen-bond donors (Lipinski definition) is 1. The molecule has 0 aromatic carbocycles. The Morgan fingerprint density at radius 1 is 1.21 bits per heavy atom. The van der Waals surface area contributed by atoms with E-state index < -0.39 is 0 Å². The molecule has 1 rings (SSSR count). The standard InChI is InChI=1S/C15H29N3O/c1-11(2)6-8-19-9-7-18-14(5)15(10-12(3)16)13(4)17-18/h11-12H,6-10,16H2,1-5H3. The Kier molecular flexibility index (Phi) is 6.52. The number of nitrogens with zero attached hydrogens (tertiary/aromatic N) is 2. The minimum absolute atomic E-state index is 0.178. The van der Waals surface area contributed by atoms with Crippen LogP contribution in [0.5, 0.6) is 0 Å². The third kappa shape index (κ3) is 5.33. The fourth-order valence-electron chi connectivity index (χ4n) is 2.14. The van der Waals surface area contributed by atoms with Gasteiger partial charge in [0.1, 0.15) is 0 Å². The number of aryl methyl sites for hydroxylation is 1. The highest BCUT2D eigenvalue weighted by molar-refractivity contribution is 5.25. The van der Waals surface area contributed by atoms with Gasteiger partial charge < -0.3 is 10.5 Å². The van der Waals surface area contributed by atoms with Crippen molar-refractivity contribution in [3.8, 4) is 0 Å². The lowest BCUT2D eigenvalue weighted by atomic mass is 10.1. The van der Waals surface area contributed by atoms with Crippen LogP contribution in [0.2, 0.25) is 0 Å². The van der Waals surface area contributed by atoms with E-state index in [0.717, 1.165) is 38.3 Å². The molecule has 1 atom stereocenters. The molecule has 0 bridgehead atoms. The van der Waals surface area contributed by atoms with Crippen LogP contribution in [-0.2, 0) is 17.7 Å². The molecule has 19 heavy (non-hydrogen) atoms. The van der Waals surface area contributed by atoms with Gasteiger partial charge in [-0.15, -0.1) is 0 Å². The summed E-state index contributed by atoms with van der Waals surface area (Å²) in [5.74, 6) is 0.700. The van der Waals surface area contributed by atoms with Crippen molar-refractivity contribution >= 4 is 0 Å². The van der Waals surface area contributed by atoms with Crippen molar-refractivity contribution in [2.24, 2.45) is 11.7 Å². The average Bonchev–Trinajstić information content (AvgIpc) is 2.56. The van der Waals surface area contributed by atoms with Crippen LogP contribution in [0.25, 0.3) is 0 Å². The zero-order valence-corrected chi connectivity index (χ0v) is 13.1. The first-order chi connectivity index (χ1) is 8.91. The first-order valence-electron chi connectivity index (χ1n) is 7.28. The summed E-state index contributed by atoms with van der Waals surface area (Å²) in [5, 5.41) is 4.58. The molecule has 4 nitrogen and oxygen atoms in total. The second-order valence-corrected chi connectivity index (χ2v) is 5.85. The molecule has 110 valence electrons. The van der Waals surface area contributed by atoms with Crippen LogP contribution in [0.15, 0.2) is 0 Å². The molecule has 1 aromatic heterocycles. The molecule has 0 spiro atoms. The van der Waals surface area contributed by atoms with Gasteiger partial charge in [0.2, 0.25) is 0 Å². The Morgan fingerprint density at radius 3 is 2.47 bits per heavy atom. The van der Waals surface area contributed by atoms with Gasteiger partial charge in [0.25, 0.3) is 0 Å². The van der Waals surface area contributed by atoms with Crippen molar-refractivity contribution < 1.29 is 4.74 Å². The second-order valence-electron chi connectivity index (χ2n) is 5.85. The summed E-state index contributed by atoms with van der Waals surface area (Å²) >= 11 is 0. The van der Waals surface area contributed by atoms with Crippen LogP contribution in [0, 0.1) is 19.8 Å². The van der Waals surface area contributed by atoms with Gasteiger partial charge in [-0.25, -0.2) is 0 Å². The Balaban J connectivity index is 2.46. The van der Waals surface area contributed by atoms with Crippen molar-refractivity contribution in [1.82, 2.24) is 9.78 Å². The third-order valence-electron chi connectivity index (χ3n) is 3.34. The minimum Gasteiger partial charge on any atom is -0.380 e. The SMILES string of the molecule is Cc1nn(CCOCCC(C)C)c(C)c1CC(C)N. The van der Waals surface area contributed by atoms with E-state index in [1.54, 1.807) is 0 Å². The molecular formula is C15H29N3O. The quantitative estimate of drug-likeness (QED) is 0.736. The highest BCUT2D eigenvalue weighted by Crippen LogP contribution is 2.14. The molecule has 1 unspecified atom stereocenters. The molecule has 0 saturated carbocycles. The fraction of sp³-hybridized carbons (Fsp3) is 0.800. The molecule has 0 aliphatic heterocycles. The van der Waals surface area contributed by atoms with E-state index in [9.17, 15) is 0 Å². The summed E-state index contributed by atoms with van der Waals surface area (Å²) in [6, 6.07) is 0.178. The molecular weight excluding hydrogens is 238 g/mol. The average molecular weight is 267 g/mol. The molecule has 0 saturated heterocycles. The van der Waals surface area contributed by atoms with E-state index in [4.69, 9.17) is 10.5 Å². The maximum atomic E-state index is 5.88. The normalized spacial score (nSPS) is 13.2.